The van der Waals surface area contributed by atoms with Gasteiger partial charge in [0.2, 0.25) is 0 Å². The average molecular weight is 252 g/mol. The average Bonchev–Trinajstić information content (AvgIpc) is 2.38. The van der Waals surface area contributed by atoms with E-state index in [2.05, 4.69) is 10.3 Å². The SMILES string of the molecule is FC(F)COCCNc1ccnc2ccccc12. The van der Waals surface area contributed by atoms with E-state index in [0.717, 1.165) is 16.6 Å². The van der Waals surface area contributed by atoms with E-state index in [4.69, 9.17) is 4.74 Å². The molecule has 5 heteroatoms. The minimum atomic E-state index is -2.41. The smallest absolute Gasteiger partial charge is 0.261 e. The lowest BCUT2D eigenvalue weighted by molar-refractivity contribution is 0.0215. The molecule has 0 unspecified atom stereocenters. The molecular weight excluding hydrogens is 238 g/mol. The number of hydrogen-bond donors (Lipinski definition) is 1. The molecule has 96 valence electrons. The van der Waals surface area contributed by atoms with Gasteiger partial charge in [0.05, 0.1) is 12.1 Å². The number of nitrogens with one attached hydrogen (secondary N) is 1. The predicted molar refractivity (Wildman–Crippen MR) is 67.1 cm³/mol. The van der Waals surface area contributed by atoms with Crippen molar-refractivity contribution in [3.63, 3.8) is 0 Å². The highest BCUT2D eigenvalue weighted by atomic mass is 19.3. The number of rotatable bonds is 6. The van der Waals surface area contributed by atoms with E-state index in [1.54, 1.807) is 6.20 Å². The minimum absolute atomic E-state index is 0.251. The molecule has 0 saturated carbocycles. The molecule has 0 fully saturated rings. The fraction of sp³-hybridized carbons (Fsp3) is 0.308. The van der Waals surface area contributed by atoms with Crippen molar-refractivity contribution in [2.75, 3.05) is 25.1 Å². The third kappa shape index (κ3) is 3.37. The highest BCUT2D eigenvalue weighted by Gasteiger charge is 2.02. The lowest BCUT2D eigenvalue weighted by Crippen LogP contribution is -2.13. The van der Waals surface area contributed by atoms with Crippen LogP contribution < -0.4 is 5.32 Å². The van der Waals surface area contributed by atoms with Gasteiger partial charge in [0.25, 0.3) is 6.43 Å². The van der Waals surface area contributed by atoms with Crippen LogP contribution in [0.1, 0.15) is 0 Å². The molecule has 0 aliphatic rings. The van der Waals surface area contributed by atoms with Gasteiger partial charge >= 0.3 is 0 Å². The van der Waals surface area contributed by atoms with Gasteiger partial charge in [-0.25, -0.2) is 8.78 Å². The van der Waals surface area contributed by atoms with Gasteiger partial charge < -0.3 is 10.1 Å². The number of pyridine rings is 1. The molecule has 1 N–H and O–H groups in total. The maximum absolute atomic E-state index is 11.8. The Kier molecular flexibility index (Phi) is 4.41. The number of alkyl halides is 2. The van der Waals surface area contributed by atoms with Crippen molar-refractivity contribution < 1.29 is 13.5 Å². The zero-order chi connectivity index (χ0) is 12.8. The van der Waals surface area contributed by atoms with Crippen LogP contribution in [0.3, 0.4) is 0 Å². The van der Waals surface area contributed by atoms with Crippen LogP contribution in [0.25, 0.3) is 10.9 Å². The quantitative estimate of drug-likeness (QED) is 0.803. The zero-order valence-electron chi connectivity index (χ0n) is 9.77. The van der Waals surface area contributed by atoms with E-state index in [0.29, 0.717) is 6.54 Å². The number of hydrogen-bond acceptors (Lipinski definition) is 3. The van der Waals surface area contributed by atoms with Crippen molar-refractivity contribution in [3.8, 4) is 0 Å². The van der Waals surface area contributed by atoms with Crippen LogP contribution in [0, 0.1) is 0 Å². The number of anilines is 1. The molecule has 1 heterocycles. The molecule has 1 aromatic carbocycles. The molecule has 18 heavy (non-hydrogen) atoms. The van der Waals surface area contributed by atoms with Crippen molar-refractivity contribution in [2.45, 2.75) is 6.43 Å². The second kappa shape index (κ2) is 6.26. The Morgan fingerprint density at radius 2 is 2.06 bits per heavy atom. The Bertz CT molecular complexity index is 500. The maximum Gasteiger partial charge on any atom is 0.261 e. The number of nitrogens with zero attached hydrogens (tertiary/aromatic N) is 1. The van der Waals surface area contributed by atoms with Crippen LogP contribution in [-0.4, -0.2) is 31.2 Å². The van der Waals surface area contributed by atoms with Gasteiger partial charge in [-0.15, -0.1) is 0 Å². The van der Waals surface area contributed by atoms with Gasteiger partial charge in [-0.1, -0.05) is 18.2 Å². The minimum Gasteiger partial charge on any atom is -0.382 e. The maximum atomic E-state index is 11.8. The molecule has 1 aromatic heterocycles. The fourth-order valence-electron chi connectivity index (χ4n) is 1.68. The number of aromatic nitrogens is 1. The van der Waals surface area contributed by atoms with Gasteiger partial charge in [-0.05, 0) is 12.1 Å². The highest BCUT2D eigenvalue weighted by molar-refractivity contribution is 5.90. The molecule has 0 bridgehead atoms. The van der Waals surface area contributed by atoms with Crippen molar-refractivity contribution in [2.24, 2.45) is 0 Å². The van der Waals surface area contributed by atoms with Crippen LogP contribution in [-0.2, 0) is 4.74 Å². The fourth-order valence-corrected chi connectivity index (χ4v) is 1.68. The van der Waals surface area contributed by atoms with E-state index in [-0.39, 0.29) is 6.61 Å². The van der Waals surface area contributed by atoms with E-state index in [1.807, 2.05) is 30.3 Å². The zero-order valence-corrected chi connectivity index (χ0v) is 9.77. The largest absolute Gasteiger partial charge is 0.382 e. The molecule has 0 amide bonds. The number of para-hydroxylation sites is 1. The summed E-state index contributed by atoms with van der Waals surface area (Å²) < 4.78 is 28.5. The third-order valence-electron chi connectivity index (χ3n) is 2.45. The second-order valence-electron chi connectivity index (χ2n) is 3.77. The molecule has 3 nitrogen and oxygen atoms in total. The van der Waals surface area contributed by atoms with Gasteiger partial charge in [-0.2, -0.15) is 0 Å². The summed E-state index contributed by atoms with van der Waals surface area (Å²) in [5, 5.41) is 4.16. The van der Waals surface area contributed by atoms with Gasteiger partial charge in [0.1, 0.15) is 6.61 Å². The number of ether oxygens (including phenoxy) is 1. The highest BCUT2D eigenvalue weighted by Crippen LogP contribution is 2.20. The van der Waals surface area contributed by atoms with Crippen molar-refractivity contribution in [3.05, 3.63) is 36.5 Å². The van der Waals surface area contributed by atoms with Crippen LogP contribution in [0.15, 0.2) is 36.5 Å². The molecule has 2 rings (SSSR count). The summed E-state index contributed by atoms with van der Waals surface area (Å²) in [7, 11) is 0. The van der Waals surface area contributed by atoms with Crippen LogP contribution >= 0.6 is 0 Å². The summed E-state index contributed by atoms with van der Waals surface area (Å²) in [6.45, 7) is 0.223. The topological polar surface area (TPSA) is 34.1 Å². The molecule has 0 radical (unpaired) electrons. The summed E-state index contributed by atoms with van der Waals surface area (Å²) >= 11 is 0. The summed E-state index contributed by atoms with van der Waals surface area (Å²) in [6.07, 6.45) is -0.697. The Balaban J connectivity index is 1.91. The summed E-state index contributed by atoms with van der Waals surface area (Å²) in [4.78, 5) is 4.24. The molecule has 0 spiro atoms. The third-order valence-corrected chi connectivity index (χ3v) is 2.45. The van der Waals surface area contributed by atoms with E-state index in [1.165, 1.54) is 0 Å². The first kappa shape index (κ1) is 12.7. The van der Waals surface area contributed by atoms with Crippen molar-refractivity contribution in [1.82, 2.24) is 4.98 Å². The van der Waals surface area contributed by atoms with Crippen molar-refractivity contribution in [1.29, 1.82) is 0 Å². The summed E-state index contributed by atoms with van der Waals surface area (Å²) in [6, 6.07) is 9.60. The summed E-state index contributed by atoms with van der Waals surface area (Å²) in [5.41, 5.74) is 1.83. The number of halogens is 2. The van der Waals surface area contributed by atoms with E-state index in [9.17, 15) is 8.78 Å². The van der Waals surface area contributed by atoms with E-state index >= 15 is 0 Å². The predicted octanol–water partition coefficient (Wildman–Crippen LogP) is 2.93. The molecule has 0 aliphatic carbocycles. The standard InChI is InChI=1S/C13H14F2N2O/c14-13(15)9-18-8-7-17-12-5-6-16-11-4-2-1-3-10(11)12/h1-6,13H,7-9H2,(H,16,17). The first-order valence-electron chi connectivity index (χ1n) is 5.71. The first-order valence-corrected chi connectivity index (χ1v) is 5.71. The number of benzene rings is 1. The lowest BCUT2D eigenvalue weighted by Gasteiger charge is -2.09. The summed E-state index contributed by atoms with van der Waals surface area (Å²) in [5.74, 6) is 0. The lowest BCUT2D eigenvalue weighted by atomic mass is 10.2. The first-order chi connectivity index (χ1) is 8.77. The molecular formula is C13H14F2N2O. The van der Waals surface area contributed by atoms with Gasteiger partial charge in [0.15, 0.2) is 0 Å². The number of fused-ring (bicyclic) bond motifs is 1. The Hall–Kier alpha value is -1.75. The Labute approximate surface area is 104 Å². The monoisotopic (exact) mass is 252 g/mol. The Morgan fingerprint density at radius 3 is 2.89 bits per heavy atom. The van der Waals surface area contributed by atoms with E-state index < -0.39 is 13.0 Å². The molecule has 2 aromatic rings. The molecule has 0 aliphatic heterocycles. The second-order valence-corrected chi connectivity index (χ2v) is 3.77. The van der Waals surface area contributed by atoms with Crippen LogP contribution in [0.5, 0.6) is 0 Å². The Morgan fingerprint density at radius 1 is 1.22 bits per heavy atom. The normalized spacial score (nSPS) is 11.1. The van der Waals surface area contributed by atoms with Crippen LogP contribution in [0.2, 0.25) is 0 Å². The van der Waals surface area contributed by atoms with Gasteiger partial charge in [0, 0.05) is 23.8 Å². The molecule has 0 atom stereocenters. The van der Waals surface area contributed by atoms with Gasteiger partial charge in [-0.3, -0.25) is 4.98 Å². The van der Waals surface area contributed by atoms with Crippen molar-refractivity contribution >= 4 is 16.6 Å². The van der Waals surface area contributed by atoms with Crippen LogP contribution in [0.4, 0.5) is 14.5 Å². The molecule has 0 saturated heterocycles.